The maximum absolute atomic E-state index is 12.6. The maximum atomic E-state index is 12.6. The van der Waals surface area contributed by atoms with E-state index in [0.717, 1.165) is 45.1 Å². The molecule has 3 unspecified atom stereocenters. The van der Waals surface area contributed by atoms with Crippen LogP contribution in [0, 0.1) is 5.92 Å². The lowest BCUT2D eigenvalue weighted by molar-refractivity contribution is -0.143. The molecule has 3 atom stereocenters. The fraction of sp³-hybridized carbons (Fsp3) is 0.875. The SMILES string of the molecule is CCC1CCCCCN1C(=O)NC1CCCCC1C(=O)O. The Hall–Kier alpha value is -1.26. The van der Waals surface area contributed by atoms with Crippen LogP contribution in [0.5, 0.6) is 0 Å². The summed E-state index contributed by atoms with van der Waals surface area (Å²) in [6.07, 6.45) is 8.88. The lowest BCUT2D eigenvalue weighted by atomic mass is 9.84. The van der Waals surface area contributed by atoms with Gasteiger partial charge < -0.3 is 15.3 Å². The Balaban J connectivity index is 1.99. The third-order valence-electron chi connectivity index (χ3n) is 5.00. The predicted octanol–water partition coefficient (Wildman–Crippen LogP) is 2.99. The molecule has 21 heavy (non-hydrogen) atoms. The smallest absolute Gasteiger partial charge is 0.317 e. The molecule has 2 fully saturated rings. The standard InChI is InChI=1S/C16H28N2O3/c1-2-12-8-4-3-7-11-18(12)16(21)17-14-10-6-5-9-13(14)15(19)20/h12-14H,2-11H2,1H3,(H,17,21)(H,19,20). The highest BCUT2D eigenvalue weighted by Crippen LogP contribution is 2.26. The zero-order chi connectivity index (χ0) is 15.2. The summed E-state index contributed by atoms with van der Waals surface area (Å²) in [4.78, 5) is 25.9. The molecule has 1 saturated carbocycles. The van der Waals surface area contributed by atoms with E-state index in [-0.39, 0.29) is 12.1 Å². The lowest BCUT2D eigenvalue weighted by Gasteiger charge is -2.34. The number of hydrogen-bond acceptors (Lipinski definition) is 2. The summed E-state index contributed by atoms with van der Waals surface area (Å²) in [5, 5.41) is 12.3. The Kier molecular flexibility index (Phi) is 5.88. The first kappa shape index (κ1) is 16.1. The Bertz CT molecular complexity index is 373. The van der Waals surface area contributed by atoms with E-state index in [1.54, 1.807) is 0 Å². The highest BCUT2D eigenvalue weighted by molar-refractivity contribution is 5.77. The van der Waals surface area contributed by atoms with Crippen LogP contribution in [0.4, 0.5) is 4.79 Å². The van der Waals surface area contributed by atoms with Gasteiger partial charge in [0, 0.05) is 18.6 Å². The van der Waals surface area contributed by atoms with E-state index in [1.165, 1.54) is 12.8 Å². The molecular weight excluding hydrogens is 268 g/mol. The highest BCUT2D eigenvalue weighted by atomic mass is 16.4. The van der Waals surface area contributed by atoms with Crippen molar-refractivity contribution in [1.82, 2.24) is 10.2 Å². The number of carbonyl (C=O) groups excluding carboxylic acids is 1. The van der Waals surface area contributed by atoms with Gasteiger partial charge in [-0.1, -0.05) is 32.6 Å². The van der Waals surface area contributed by atoms with Crippen molar-refractivity contribution < 1.29 is 14.7 Å². The Labute approximate surface area is 127 Å². The van der Waals surface area contributed by atoms with Crippen LogP contribution >= 0.6 is 0 Å². The van der Waals surface area contributed by atoms with Gasteiger partial charge in [0.2, 0.25) is 0 Å². The summed E-state index contributed by atoms with van der Waals surface area (Å²) in [5.74, 6) is -1.20. The summed E-state index contributed by atoms with van der Waals surface area (Å²) in [5.41, 5.74) is 0. The maximum Gasteiger partial charge on any atom is 0.317 e. The number of nitrogens with zero attached hydrogens (tertiary/aromatic N) is 1. The average molecular weight is 296 g/mol. The molecule has 120 valence electrons. The summed E-state index contributed by atoms with van der Waals surface area (Å²) in [7, 11) is 0. The van der Waals surface area contributed by atoms with Crippen molar-refractivity contribution in [2.24, 2.45) is 5.92 Å². The molecule has 0 aromatic rings. The monoisotopic (exact) mass is 296 g/mol. The number of likely N-dealkylation sites (tertiary alicyclic amines) is 1. The zero-order valence-corrected chi connectivity index (χ0v) is 13.0. The molecule has 2 N–H and O–H groups in total. The third-order valence-corrected chi connectivity index (χ3v) is 5.00. The number of carboxylic acids is 1. The largest absolute Gasteiger partial charge is 0.481 e. The normalized spacial score (nSPS) is 30.5. The van der Waals surface area contributed by atoms with Gasteiger partial charge in [0.15, 0.2) is 0 Å². The van der Waals surface area contributed by atoms with Gasteiger partial charge in [0.05, 0.1) is 5.92 Å². The summed E-state index contributed by atoms with van der Waals surface area (Å²) in [6, 6.07) is 0.0470. The van der Waals surface area contributed by atoms with E-state index in [0.29, 0.717) is 12.5 Å². The van der Waals surface area contributed by atoms with E-state index < -0.39 is 11.9 Å². The van der Waals surface area contributed by atoms with Crippen LogP contribution in [0.2, 0.25) is 0 Å². The van der Waals surface area contributed by atoms with Gasteiger partial charge in [-0.15, -0.1) is 0 Å². The molecule has 1 saturated heterocycles. The number of urea groups is 1. The number of rotatable bonds is 3. The van der Waals surface area contributed by atoms with Gasteiger partial charge >= 0.3 is 12.0 Å². The molecule has 0 spiro atoms. The molecule has 0 bridgehead atoms. The van der Waals surface area contributed by atoms with Crippen LogP contribution in [-0.4, -0.2) is 40.6 Å². The van der Waals surface area contributed by atoms with Crippen molar-refractivity contribution in [3.8, 4) is 0 Å². The topological polar surface area (TPSA) is 69.6 Å². The summed E-state index contributed by atoms with van der Waals surface area (Å²) < 4.78 is 0. The molecule has 2 rings (SSSR count). The molecule has 1 aliphatic carbocycles. The molecule has 1 aliphatic heterocycles. The number of hydrogen-bond donors (Lipinski definition) is 2. The summed E-state index contributed by atoms with van der Waals surface area (Å²) >= 11 is 0. The molecule has 2 aliphatic rings. The number of nitrogens with one attached hydrogen (secondary N) is 1. The second kappa shape index (κ2) is 7.66. The van der Waals surface area contributed by atoms with E-state index >= 15 is 0 Å². The molecule has 5 heteroatoms. The van der Waals surface area contributed by atoms with Crippen molar-refractivity contribution in [2.45, 2.75) is 76.8 Å². The van der Waals surface area contributed by atoms with Gasteiger partial charge in [0.1, 0.15) is 0 Å². The van der Waals surface area contributed by atoms with Crippen LogP contribution in [0.15, 0.2) is 0 Å². The van der Waals surface area contributed by atoms with Gasteiger partial charge in [-0.3, -0.25) is 4.79 Å². The van der Waals surface area contributed by atoms with Crippen LogP contribution in [-0.2, 0) is 4.79 Å². The highest BCUT2D eigenvalue weighted by Gasteiger charge is 2.34. The molecule has 0 aromatic heterocycles. The molecular formula is C16H28N2O3. The van der Waals surface area contributed by atoms with E-state index in [4.69, 9.17) is 0 Å². The zero-order valence-electron chi connectivity index (χ0n) is 13.0. The fourth-order valence-corrected chi connectivity index (χ4v) is 3.71. The van der Waals surface area contributed by atoms with Gasteiger partial charge in [0.25, 0.3) is 0 Å². The average Bonchev–Trinajstić information content (AvgIpc) is 2.72. The van der Waals surface area contributed by atoms with Gasteiger partial charge in [-0.2, -0.15) is 0 Å². The number of amides is 2. The van der Waals surface area contributed by atoms with Gasteiger partial charge in [-0.25, -0.2) is 4.79 Å². The Morgan fingerprint density at radius 3 is 2.52 bits per heavy atom. The second-order valence-electron chi connectivity index (χ2n) is 6.39. The number of carbonyl (C=O) groups is 2. The first-order valence-electron chi connectivity index (χ1n) is 8.43. The minimum absolute atomic E-state index is 0.0538. The first-order chi connectivity index (χ1) is 10.1. The minimum atomic E-state index is -0.775. The molecule has 2 amide bonds. The molecule has 1 heterocycles. The van der Waals surface area contributed by atoms with Crippen LogP contribution in [0.25, 0.3) is 0 Å². The van der Waals surface area contributed by atoms with Crippen molar-refractivity contribution in [2.75, 3.05) is 6.54 Å². The lowest BCUT2D eigenvalue weighted by Crippen LogP contribution is -2.52. The number of carboxylic acid groups (broad SMARTS) is 1. The van der Waals surface area contributed by atoms with Crippen molar-refractivity contribution in [3.63, 3.8) is 0 Å². The van der Waals surface area contributed by atoms with Crippen molar-refractivity contribution >= 4 is 12.0 Å². The quantitative estimate of drug-likeness (QED) is 0.841. The molecule has 5 nitrogen and oxygen atoms in total. The molecule has 0 radical (unpaired) electrons. The summed E-state index contributed by atoms with van der Waals surface area (Å²) in [6.45, 7) is 2.92. The molecule has 0 aromatic carbocycles. The minimum Gasteiger partial charge on any atom is -0.481 e. The predicted molar refractivity (Wildman–Crippen MR) is 81.2 cm³/mol. The fourth-order valence-electron chi connectivity index (χ4n) is 3.71. The first-order valence-corrected chi connectivity index (χ1v) is 8.43. The van der Waals surface area contributed by atoms with Crippen LogP contribution in [0.3, 0.4) is 0 Å². The number of aliphatic carboxylic acids is 1. The van der Waals surface area contributed by atoms with Gasteiger partial charge in [-0.05, 0) is 32.1 Å². The van der Waals surface area contributed by atoms with Crippen molar-refractivity contribution in [1.29, 1.82) is 0 Å². The second-order valence-corrected chi connectivity index (χ2v) is 6.39. The Morgan fingerprint density at radius 2 is 1.81 bits per heavy atom. The Morgan fingerprint density at radius 1 is 1.10 bits per heavy atom. The van der Waals surface area contributed by atoms with E-state index in [9.17, 15) is 14.7 Å². The van der Waals surface area contributed by atoms with E-state index in [1.807, 2.05) is 4.90 Å². The van der Waals surface area contributed by atoms with Crippen LogP contribution < -0.4 is 5.32 Å². The van der Waals surface area contributed by atoms with Crippen molar-refractivity contribution in [3.05, 3.63) is 0 Å². The van der Waals surface area contributed by atoms with E-state index in [2.05, 4.69) is 12.2 Å². The third kappa shape index (κ3) is 4.11. The van der Waals surface area contributed by atoms with Crippen LogP contribution in [0.1, 0.15) is 64.7 Å².